The Kier molecular flexibility index (Phi) is 4.88. The zero-order valence-electron chi connectivity index (χ0n) is 11.5. The Morgan fingerprint density at radius 2 is 1.81 bits per heavy atom. The molecule has 6 heteroatoms. The van der Waals surface area contributed by atoms with Crippen molar-refractivity contribution in [1.29, 1.82) is 0 Å². The molecular weight excluding hydrogens is 310 g/mol. The van der Waals surface area contributed by atoms with Gasteiger partial charge in [0.2, 0.25) is 0 Å². The number of rotatable bonds is 5. The molecule has 21 heavy (non-hydrogen) atoms. The molecular formula is C15H16ClNO3S. The van der Waals surface area contributed by atoms with Crippen LogP contribution in [0, 0.1) is 6.92 Å². The molecule has 0 aliphatic rings. The van der Waals surface area contributed by atoms with Crippen molar-refractivity contribution in [2.24, 2.45) is 0 Å². The monoisotopic (exact) mass is 325 g/mol. The minimum Gasteiger partial charge on any atom is -0.396 e. The minimum atomic E-state index is -3.64. The van der Waals surface area contributed by atoms with E-state index in [1.807, 2.05) is 0 Å². The van der Waals surface area contributed by atoms with Crippen LogP contribution in [0.2, 0.25) is 5.02 Å². The largest absolute Gasteiger partial charge is 0.396 e. The van der Waals surface area contributed by atoms with Gasteiger partial charge in [-0.25, -0.2) is 8.42 Å². The van der Waals surface area contributed by atoms with Gasteiger partial charge >= 0.3 is 0 Å². The van der Waals surface area contributed by atoms with E-state index in [4.69, 9.17) is 16.7 Å². The van der Waals surface area contributed by atoms with E-state index in [1.165, 1.54) is 12.1 Å². The lowest BCUT2D eigenvalue weighted by Gasteiger charge is -2.10. The van der Waals surface area contributed by atoms with Gasteiger partial charge in [-0.2, -0.15) is 0 Å². The molecule has 0 radical (unpaired) electrons. The minimum absolute atomic E-state index is 0.0646. The van der Waals surface area contributed by atoms with E-state index < -0.39 is 10.0 Å². The molecule has 2 rings (SSSR count). The number of sulfonamides is 1. The number of nitrogens with one attached hydrogen (secondary N) is 1. The SMILES string of the molecule is Cc1cc(S(=O)(=O)Nc2ccc(CCO)cc2)ccc1Cl. The number of halogens is 1. The number of aliphatic hydroxyl groups excluding tert-OH is 1. The molecule has 0 spiro atoms. The number of anilines is 1. The summed E-state index contributed by atoms with van der Waals surface area (Å²) in [4.78, 5) is 0.170. The molecule has 0 atom stereocenters. The highest BCUT2D eigenvalue weighted by molar-refractivity contribution is 7.92. The first-order valence-corrected chi connectivity index (χ1v) is 8.27. The van der Waals surface area contributed by atoms with Gasteiger partial charge in [0.15, 0.2) is 0 Å². The van der Waals surface area contributed by atoms with Crippen molar-refractivity contribution in [2.75, 3.05) is 11.3 Å². The summed E-state index contributed by atoms with van der Waals surface area (Å²) in [7, 11) is -3.64. The van der Waals surface area contributed by atoms with Gasteiger partial charge in [0.05, 0.1) is 4.90 Å². The summed E-state index contributed by atoms with van der Waals surface area (Å²) >= 11 is 5.90. The Labute approximate surface area is 129 Å². The molecule has 0 aliphatic heterocycles. The maximum atomic E-state index is 12.3. The smallest absolute Gasteiger partial charge is 0.261 e. The van der Waals surface area contributed by atoms with E-state index in [-0.39, 0.29) is 11.5 Å². The van der Waals surface area contributed by atoms with Gasteiger partial charge in [-0.05, 0) is 54.8 Å². The molecule has 0 saturated carbocycles. The van der Waals surface area contributed by atoms with Gasteiger partial charge in [0, 0.05) is 17.3 Å². The fourth-order valence-electron chi connectivity index (χ4n) is 1.87. The zero-order valence-corrected chi connectivity index (χ0v) is 13.1. The molecule has 0 aromatic heterocycles. The molecule has 0 amide bonds. The lowest BCUT2D eigenvalue weighted by Crippen LogP contribution is -2.13. The fourth-order valence-corrected chi connectivity index (χ4v) is 3.13. The van der Waals surface area contributed by atoms with Crippen LogP contribution in [0.1, 0.15) is 11.1 Å². The van der Waals surface area contributed by atoms with E-state index >= 15 is 0 Å². The topological polar surface area (TPSA) is 66.4 Å². The lowest BCUT2D eigenvalue weighted by atomic mass is 10.1. The average Bonchev–Trinajstić information content (AvgIpc) is 2.44. The molecule has 0 unspecified atom stereocenters. The van der Waals surface area contributed by atoms with Crippen LogP contribution in [0.15, 0.2) is 47.4 Å². The molecule has 2 aromatic carbocycles. The first-order chi connectivity index (χ1) is 9.92. The third kappa shape index (κ3) is 3.97. The van der Waals surface area contributed by atoms with Crippen LogP contribution in [-0.2, 0) is 16.4 Å². The van der Waals surface area contributed by atoms with Crippen molar-refractivity contribution in [1.82, 2.24) is 0 Å². The van der Waals surface area contributed by atoms with E-state index in [0.717, 1.165) is 5.56 Å². The molecule has 0 fully saturated rings. The van der Waals surface area contributed by atoms with Gasteiger partial charge in [0.1, 0.15) is 0 Å². The Morgan fingerprint density at radius 3 is 2.38 bits per heavy atom. The second kappa shape index (κ2) is 6.47. The van der Waals surface area contributed by atoms with Crippen LogP contribution in [0.25, 0.3) is 0 Å². The normalized spacial score (nSPS) is 11.4. The highest BCUT2D eigenvalue weighted by Gasteiger charge is 2.15. The Hall–Kier alpha value is -1.56. The number of aryl methyl sites for hydroxylation is 1. The number of benzene rings is 2. The Bertz CT molecular complexity index is 727. The molecule has 0 aliphatic carbocycles. The van der Waals surface area contributed by atoms with Gasteiger partial charge in [-0.3, -0.25) is 4.72 Å². The summed E-state index contributed by atoms with van der Waals surface area (Å²) in [6.45, 7) is 1.82. The van der Waals surface area contributed by atoms with Gasteiger partial charge in [-0.1, -0.05) is 23.7 Å². The van der Waals surface area contributed by atoms with Crippen molar-refractivity contribution < 1.29 is 13.5 Å². The molecule has 2 N–H and O–H groups in total. The second-order valence-corrected chi connectivity index (χ2v) is 6.78. The maximum absolute atomic E-state index is 12.3. The van der Waals surface area contributed by atoms with Crippen LogP contribution in [0.3, 0.4) is 0 Å². The molecule has 2 aromatic rings. The van der Waals surface area contributed by atoms with Crippen molar-refractivity contribution in [3.05, 3.63) is 58.6 Å². The quantitative estimate of drug-likeness (QED) is 0.888. The molecule has 112 valence electrons. The van der Waals surface area contributed by atoms with E-state index in [2.05, 4.69) is 4.72 Å². The molecule has 4 nitrogen and oxygen atoms in total. The van der Waals surface area contributed by atoms with E-state index in [0.29, 0.717) is 22.7 Å². The van der Waals surface area contributed by atoms with Crippen molar-refractivity contribution in [3.8, 4) is 0 Å². The zero-order chi connectivity index (χ0) is 15.5. The van der Waals surface area contributed by atoms with Gasteiger partial charge in [0.25, 0.3) is 10.0 Å². The first kappa shape index (κ1) is 15.8. The summed E-state index contributed by atoms with van der Waals surface area (Å²) in [5, 5.41) is 9.38. The lowest BCUT2D eigenvalue weighted by molar-refractivity contribution is 0.299. The summed E-state index contributed by atoms with van der Waals surface area (Å²) in [6.07, 6.45) is 0.545. The summed E-state index contributed by atoms with van der Waals surface area (Å²) < 4.78 is 27.1. The molecule has 0 saturated heterocycles. The van der Waals surface area contributed by atoms with Crippen molar-refractivity contribution in [3.63, 3.8) is 0 Å². The maximum Gasteiger partial charge on any atom is 0.261 e. The van der Waals surface area contributed by atoms with Crippen molar-refractivity contribution >= 4 is 27.3 Å². The summed E-state index contributed by atoms with van der Waals surface area (Å²) in [5.41, 5.74) is 2.13. The highest BCUT2D eigenvalue weighted by Crippen LogP contribution is 2.22. The van der Waals surface area contributed by atoms with Crippen LogP contribution in [0.4, 0.5) is 5.69 Å². The number of hydrogen-bond acceptors (Lipinski definition) is 3. The second-order valence-electron chi connectivity index (χ2n) is 4.69. The predicted octanol–water partition coefficient (Wildman–Crippen LogP) is 2.98. The average molecular weight is 326 g/mol. The van der Waals surface area contributed by atoms with Crippen LogP contribution in [0.5, 0.6) is 0 Å². The molecule has 0 heterocycles. The third-order valence-electron chi connectivity index (χ3n) is 3.05. The first-order valence-electron chi connectivity index (χ1n) is 6.41. The molecule has 0 bridgehead atoms. The van der Waals surface area contributed by atoms with E-state index in [9.17, 15) is 8.42 Å². The summed E-state index contributed by atoms with van der Waals surface area (Å²) in [5.74, 6) is 0. The van der Waals surface area contributed by atoms with Crippen LogP contribution < -0.4 is 4.72 Å². The third-order valence-corrected chi connectivity index (χ3v) is 4.85. The van der Waals surface area contributed by atoms with Crippen LogP contribution in [-0.4, -0.2) is 20.1 Å². The van der Waals surface area contributed by atoms with Gasteiger partial charge in [-0.15, -0.1) is 0 Å². The van der Waals surface area contributed by atoms with Crippen molar-refractivity contribution in [2.45, 2.75) is 18.2 Å². The fraction of sp³-hybridized carbons (Fsp3) is 0.200. The van der Waals surface area contributed by atoms with Gasteiger partial charge < -0.3 is 5.11 Å². The number of hydrogen-bond donors (Lipinski definition) is 2. The highest BCUT2D eigenvalue weighted by atomic mass is 35.5. The van der Waals surface area contributed by atoms with Crippen LogP contribution >= 0.6 is 11.6 Å². The Morgan fingerprint density at radius 1 is 1.14 bits per heavy atom. The standard InChI is InChI=1S/C15H16ClNO3S/c1-11-10-14(6-7-15(11)16)21(19,20)17-13-4-2-12(3-5-13)8-9-18/h2-7,10,17-18H,8-9H2,1H3. The predicted molar refractivity (Wildman–Crippen MR) is 84.2 cm³/mol. The summed E-state index contributed by atoms with van der Waals surface area (Å²) in [6, 6.07) is 11.5. The number of aliphatic hydroxyl groups is 1. The van der Waals surface area contributed by atoms with E-state index in [1.54, 1.807) is 37.3 Å². The Balaban J connectivity index is 2.22.